The first-order chi connectivity index (χ1) is 13.7. The average Bonchev–Trinajstić information content (AvgIpc) is 2.75. The van der Waals surface area contributed by atoms with Crippen LogP contribution in [0.1, 0.15) is 34.6 Å². The molecule has 0 aromatic carbocycles. The van der Waals surface area contributed by atoms with Crippen molar-refractivity contribution in [2.75, 3.05) is 44.7 Å². The summed E-state index contributed by atoms with van der Waals surface area (Å²) in [6.07, 6.45) is 3.67. The van der Waals surface area contributed by atoms with E-state index in [-0.39, 0.29) is 0 Å². The summed E-state index contributed by atoms with van der Waals surface area (Å²) < 4.78 is 4.76. The molecule has 1 aliphatic heterocycles. The Morgan fingerprint density at radius 1 is 1.18 bits per heavy atom. The molecule has 1 fully saturated rings. The summed E-state index contributed by atoms with van der Waals surface area (Å²) in [6, 6.07) is 9.74. The number of piperazine rings is 1. The molecule has 28 heavy (non-hydrogen) atoms. The predicted molar refractivity (Wildman–Crippen MR) is 109 cm³/mol. The topological polar surface area (TPSA) is 58.6 Å². The van der Waals surface area contributed by atoms with Crippen LogP contribution in [0.4, 0.5) is 5.82 Å². The molecule has 0 spiro atoms. The van der Waals surface area contributed by atoms with E-state index in [0.717, 1.165) is 56.9 Å². The van der Waals surface area contributed by atoms with E-state index in [1.807, 2.05) is 37.4 Å². The number of hydrogen-bond donors (Lipinski definition) is 0. The van der Waals surface area contributed by atoms with Crippen LogP contribution in [0.15, 0.2) is 36.5 Å². The zero-order valence-corrected chi connectivity index (χ0v) is 16.5. The summed E-state index contributed by atoms with van der Waals surface area (Å²) in [7, 11) is 1.36. The zero-order valence-electron chi connectivity index (χ0n) is 16.5. The molecule has 3 heterocycles. The van der Waals surface area contributed by atoms with Crippen LogP contribution in [0.2, 0.25) is 0 Å². The number of aryl methyl sites for hydroxylation is 1. The van der Waals surface area contributed by atoms with E-state index in [2.05, 4.69) is 37.7 Å². The van der Waals surface area contributed by atoms with Gasteiger partial charge in [0.05, 0.1) is 7.11 Å². The first-order valence-corrected chi connectivity index (χ1v) is 9.60. The molecule has 0 amide bonds. The van der Waals surface area contributed by atoms with E-state index in [1.165, 1.54) is 7.11 Å². The highest BCUT2D eigenvalue weighted by Gasteiger charge is 2.17. The second-order valence-corrected chi connectivity index (χ2v) is 6.78. The van der Waals surface area contributed by atoms with Gasteiger partial charge in [-0.3, -0.25) is 4.90 Å². The van der Waals surface area contributed by atoms with Crippen LogP contribution in [0.25, 0.3) is 0 Å². The molecule has 0 bridgehead atoms. The lowest BCUT2D eigenvalue weighted by Crippen LogP contribution is -2.46. The largest absolute Gasteiger partial charge is 0.464 e. The monoisotopic (exact) mass is 378 g/mol. The van der Waals surface area contributed by atoms with Gasteiger partial charge in [-0.1, -0.05) is 18.1 Å². The van der Waals surface area contributed by atoms with Gasteiger partial charge < -0.3 is 9.64 Å². The number of rotatable bonds is 5. The summed E-state index contributed by atoms with van der Waals surface area (Å²) >= 11 is 0. The highest BCUT2D eigenvalue weighted by Crippen LogP contribution is 2.13. The van der Waals surface area contributed by atoms with E-state index in [0.29, 0.717) is 11.4 Å². The fourth-order valence-electron chi connectivity index (χ4n) is 3.19. The third-order valence-corrected chi connectivity index (χ3v) is 4.81. The Labute approximate surface area is 166 Å². The minimum absolute atomic E-state index is 0.333. The number of hydrogen-bond acceptors (Lipinski definition) is 6. The Morgan fingerprint density at radius 2 is 2.00 bits per heavy atom. The highest BCUT2D eigenvalue weighted by molar-refractivity contribution is 5.88. The molecule has 0 saturated carbocycles. The number of nitrogens with zero attached hydrogens (tertiary/aromatic N) is 4. The number of aromatic nitrogens is 2. The molecule has 0 aliphatic carbocycles. The highest BCUT2D eigenvalue weighted by atomic mass is 16.5. The Hall–Kier alpha value is -2.91. The summed E-state index contributed by atoms with van der Waals surface area (Å²) in [4.78, 5) is 25.2. The van der Waals surface area contributed by atoms with E-state index in [9.17, 15) is 4.79 Å². The Kier molecular flexibility index (Phi) is 6.99. The Bertz CT molecular complexity index is 850. The molecular formula is C22H26N4O2. The number of carbonyl (C=O) groups excluding carboxylic acids is 1. The molecule has 1 saturated heterocycles. The summed E-state index contributed by atoms with van der Waals surface area (Å²) in [6.45, 7) is 6.99. The number of pyridine rings is 2. The molecule has 146 valence electrons. The summed E-state index contributed by atoms with van der Waals surface area (Å²) in [5.41, 5.74) is 1.73. The van der Waals surface area contributed by atoms with Crippen molar-refractivity contribution in [2.24, 2.45) is 0 Å². The van der Waals surface area contributed by atoms with Crippen LogP contribution < -0.4 is 4.90 Å². The smallest absolute Gasteiger partial charge is 0.356 e. The van der Waals surface area contributed by atoms with Gasteiger partial charge >= 0.3 is 5.97 Å². The minimum Gasteiger partial charge on any atom is -0.464 e. The van der Waals surface area contributed by atoms with Crippen molar-refractivity contribution in [1.29, 1.82) is 0 Å². The zero-order chi connectivity index (χ0) is 19.8. The van der Waals surface area contributed by atoms with Gasteiger partial charge in [0.1, 0.15) is 11.5 Å². The molecule has 2 aromatic heterocycles. The van der Waals surface area contributed by atoms with Crippen molar-refractivity contribution >= 4 is 11.8 Å². The Morgan fingerprint density at radius 3 is 2.71 bits per heavy atom. The normalized spacial score (nSPS) is 14.3. The van der Waals surface area contributed by atoms with Crippen LogP contribution in [-0.2, 0) is 4.74 Å². The van der Waals surface area contributed by atoms with Gasteiger partial charge in [-0.2, -0.15) is 0 Å². The van der Waals surface area contributed by atoms with E-state index in [4.69, 9.17) is 4.74 Å². The van der Waals surface area contributed by atoms with Crippen molar-refractivity contribution in [3.8, 4) is 11.8 Å². The van der Waals surface area contributed by atoms with Gasteiger partial charge in [0.25, 0.3) is 0 Å². The first kappa shape index (κ1) is 19.8. The lowest BCUT2D eigenvalue weighted by atomic mass is 10.2. The van der Waals surface area contributed by atoms with Gasteiger partial charge in [-0.15, -0.1) is 0 Å². The van der Waals surface area contributed by atoms with Crippen LogP contribution >= 0.6 is 0 Å². The lowest BCUT2D eigenvalue weighted by molar-refractivity contribution is 0.0593. The van der Waals surface area contributed by atoms with Crippen molar-refractivity contribution < 1.29 is 9.53 Å². The second-order valence-electron chi connectivity index (χ2n) is 6.78. The lowest BCUT2D eigenvalue weighted by Gasteiger charge is -2.35. The van der Waals surface area contributed by atoms with Crippen molar-refractivity contribution in [3.63, 3.8) is 0 Å². The van der Waals surface area contributed by atoms with Gasteiger partial charge in [-0.05, 0) is 49.6 Å². The van der Waals surface area contributed by atoms with Crippen LogP contribution in [0, 0.1) is 18.8 Å². The van der Waals surface area contributed by atoms with Gasteiger partial charge in [0.2, 0.25) is 0 Å². The quantitative estimate of drug-likeness (QED) is 0.453. The van der Waals surface area contributed by atoms with Gasteiger partial charge in [-0.25, -0.2) is 14.8 Å². The SMILES string of the molecule is COC(=O)c1nc(C#CCCCN2CCN(c3ccccn3)CC2)ccc1C. The van der Waals surface area contributed by atoms with E-state index >= 15 is 0 Å². The first-order valence-electron chi connectivity index (χ1n) is 9.60. The second kappa shape index (κ2) is 9.86. The minimum atomic E-state index is -0.425. The molecule has 0 unspecified atom stereocenters. The molecule has 1 aliphatic rings. The van der Waals surface area contributed by atoms with Crippen molar-refractivity contribution in [2.45, 2.75) is 19.8 Å². The van der Waals surface area contributed by atoms with Crippen LogP contribution in [0.3, 0.4) is 0 Å². The number of unbranched alkanes of at least 4 members (excludes halogenated alkanes) is 1. The maximum Gasteiger partial charge on any atom is 0.356 e. The number of ether oxygens (including phenoxy) is 1. The number of methoxy groups -OCH3 is 1. The summed E-state index contributed by atoms with van der Waals surface area (Å²) in [5, 5.41) is 0. The standard InChI is InChI=1S/C22H26N4O2/c1-18-10-11-19(24-21(18)22(27)28-2)8-4-3-7-13-25-14-16-26(17-15-25)20-9-5-6-12-23-20/h5-6,9-12H,3,7,13-17H2,1-2H3. The Balaban J connectivity index is 1.42. The molecule has 3 rings (SSSR count). The molecule has 0 atom stereocenters. The van der Waals surface area contributed by atoms with E-state index < -0.39 is 5.97 Å². The maximum atomic E-state index is 11.7. The maximum absolute atomic E-state index is 11.7. The van der Waals surface area contributed by atoms with Gasteiger partial charge in [0, 0.05) is 38.8 Å². The molecule has 6 heteroatoms. The molecule has 6 nitrogen and oxygen atoms in total. The fraction of sp³-hybridized carbons (Fsp3) is 0.409. The molecule has 0 N–H and O–H groups in total. The molecular weight excluding hydrogens is 352 g/mol. The van der Waals surface area contributed by atoms with Crippen molar-refractivity contribution in [1.82, 2.24) is 14.9 Å². The fourth-order valence-corrected chi connectivity index (χ4v) is 3.19. The molecule has 0 radical (unpaired) electrons. The number of carbonyl (C=O) groups is 1. The third kappa shape index (κ3) is 5.30. The average molecular weight is 378 g/mol. The third-order valence-electron chi connectivity index (χ3n) is 4.81. The van der Waals surface area contributed by atoms with Crippen LogP contribution in [0.5, 0.6) is 0 Å². The van der Waals surface area contributed by atoms with E-state index in [1.54, 1.807) is 0 Å². The molecule has 2 aromatic rings. The number of anilines is 1. The van der Waals surface area contributed by atoms with Gasteiger partial charge in [0.15, 0.2) is 5.69 Å². The number of esters is 1. The predicted octanol–water partition coefficient (Wildman–Crippen LogP) is 2.53. The van der Waals surface area contributed by atoms with Crippen LogP contribution in [-0.4, -0.2) is 60.7 Å². The summed E-state index contributed by atoms with van der Waals surface area (Å²) in [5.74, 6) is 6.86. The van der Waals surface area contributed by atoms with Crippen molar-refractivity contribution in [3.05, 3.63) is 53.5 Å².